The van der Waals surface area contributed by atoms with Crippen LogP contribution in [0.15, 0.2) is 24.5 Å². The van der Waals surface area contributed by atoms with Crippen LogP contribution in [-0.2, 0) is 9.53 Å². The molecule has 1 rings (SSSR count). The van der Waals surface area contributed by atoms with E-state index in [0.29, 0.717) is 5.56 Å². The molecule has 0 aromatic carbocycles. The van der Waals surface area contributed by atoms with Gasteiger partial charge in [-0.05, 0) is 12.1 Å². The second-order valence-electron chi connectivity index (χ2n) is 2.97. The Kier molecular flexibility index (Phi) is 4.41. The molecule has 0 saturated heterocycles. The number of rotatable bonds is 4. The highest BCUT2D eigenvalue weighted by molar-refractivity contribution is 5.96. The second kappa shape index (κ2) is 5.82. The number of ether oxygens (including phenoxy) is 1. The quantitative estimate of drug-likeness (QED) is 0.663. The summed E-state index contributed by atoms with van der Waals surface area (Å²) in [6.07, 6.45) is 2.89. The molecule has 0 saturated carbocycles. The van der Waals surface area contributed by atoms with Crippen molar-refractivity contribution in [2.24, 2.45) is 0 Å². The molecule has 0 bridgehead atoms. The van der Waals surface area contributed by atoms with Crippen molar-refractivity contribution in [1.82, 2.24) is 10.3 Å². The Balaban J connectivity index is 2.66. The summed E-state index contributed by atoms with van der Waals surface area (Å²) in [7, 11) is 1.18. The van der Waals surface area contributed by atoms with Gasteiger partial charge in [0.05, 0.1) is 19.3 Å². The molecular weight excluding hydrogens is 212 g/mol. The molecule has 0 aliphatic carbocycles. The Hall–Kier alpha value is -1.95. The third-order valence-corrected chi connectivity index (χ3v) is 1.90. The first kappa shape index (κ1) is 12.1. The lowest BCUT2D eigenvalue weighted by atomic mass is 10.2. The van der Waals surface area contributed by atoms with Crippen molar-refractivity contribution in [2.45, 2.75) is 6.04 Å². The molecular formula is C10H12N2O4. The molecule has 2 N–H and O–H groups in total. The first-order chi connectivity index (χ1) is 7.69. The van der Waals surface area contributed by atoms with Crippen molar-refractivity contribution >= 4 is 11.9 Å². The normalized spacial score (nSPS) is 11.6. The minimum Gasteiger partial charge on any atom is -0.467 e. The average Bonchev–Trinajstić information content (AvgIpc) is 2.35. The predicted octanol–water partition coefficient (Wildman–Crippen LogP) is -0.655. The molecule has 1 aromatic rings. The van der Waals surface area contributed by atoms with Crippen molar-refractivity contribution in [2.75, 3.05) is 13.7 Å². The summed E-state index contributed by atoms with van der Waals surface area (Å²) in [6.45, 7) is -0.515. The van der Waals surface area contributed by atoms with E-state index in [1.54, 1.807) is 12.1 Å². The molecule has 0 spiro atoms. The second-order valence-corrected chi connectivity index (χ2v) is 2.97. The van der Waals surface area contributed by atoms with Gasteiger partial charge in [0, 0.05) is 12.4 Å². The van der Waals surface area contributed by atoms with Crippen LogP contribution in [0.3, 0.4) is 0 Å². The summed E-state index contributed by atoms with van der Waals surface area (Å²) in [5.41, 5.74) is 0.310. The molecule has 0 aliphatic heterocycles. The van der Waals surface area contributed by atoms with Crippen molar-refractivity contribution in [3.8, 4) is 0 Å². The number of amides is 1. The van der Waals surface area contributed by atoms with Crippen LogP contribution in [0.4, 0.5) is 0 Å². The molecule has 16 heavy (non-hydrogen) atoms. The van der Waals surface area contributed by atoms with Gasteiger partial charge in [-0.3, -0.25) is 9.78 Å². The molecule has 6 nitrogen and oxygen atoms in total. The molecule has 1 heterocycles. The van der Waals surface area contributed by atoms with Gasteiger partial charge in [-0.2, -0.15) is 0 Å². The van der Waals surface area contributed by atoms with Crippen LogP contribution >= 0.6 is 0 Å². The lowest BCUT2D eigenvalue weighted by molar-refractivity contribution is -0.143. The number of pyridine rings is 1. The SMILES string of the molecule is COC(=O)[C@H](CO)NC(=O)c1cccnc1. The van der Waals surface area contributed by atoms with E-state index in [9.17, 15) is 9.59 Å². The maximum Gasteiger partial charge on any atom is 0.330 e. The highest BCUT2D eigenvalue weighted by Gasteiger charge is 2.20. The number of nitrogens with zero attached hydrogens (tertiary/aromatic N) is 1. The van der Waals surface area contributed by atoms with Gasteiger partial charge in [0.1, 0.15) is 0 Å². The van der Waals surface area contributed by atoms with Crippen LogP contribution in [0, 0.1) is 0 Å². The van der Waals surface area contributed by atoms with Crippen molar-refractivity contribution < 1.29 is 19.4 Å². The van der Waals surface area contributed by atoms with Crippen LogP contribution in [0.5, 0.6) is 0 Å². The smallest absolute Gasteiger partial charge is 0.330 e. The number of hydrogen-bond donors (Lipinski definition) is 2. The number of esters is 1. The molecule has 1 amide bonds. The number of aliphatic hydroxyl groups excluding tert-OH is 1. The molecule has 0 unspecified atom stereocenters. The number of nitrogens with one attached hydrogen (secondary N) is 1. The molecule has 0 fully saturated rings. The first-order valence-corrected chi connectivity index (χ1v) is 4.58. The fraction of sp³-hybridized carbons (Fsp3) is 0.300. The predicted molar refractivity (Wildman–Crippen MR) is 54.6 cm³/mol. The summed E-state index contributed by atoms with van der Waals surface area (Å²) >= 11 is 0. The Morgan fingerprint density at radius 3 is 2.88 bits per heavy atom. The molecule has 86 valence electrons. The fourth-order valence-electron chi connectivity index (χ4n) is 1.06. The minimum absolute atomic E-state index is 0.310. The van der Waals surface area contributed by atoms with Gasteiger partial charge in [-0.1, -0.05) is 0 Å². The zero-order chi connectivity index (χ0) is 12.0. The third kappa shape index (κ3) is 3.03. The number of aliphatic hydroxyl groups is 1. The molecule has 6 heteroatoms. The van der Waals surface area contributed by atoms with Gasteiger partial charge in [0.15, 0.2) is 6.04 Å². The molecule has 0 aliphatic rings. The maximum atomic E-state index is 11.6. The highest BCUT2D eigenvalue weighted by Crippen LogP contribution is 1.97. The van der Waals surface area contributed by atoms with Gasteiger partial charge in [-0.15, -0.1) is 0 Å². The van der Waals surface area contributed by atoms with Crippen molar-refractivity contribution in [3.63, 3.8) is 0 Å². The summed E-state index contributed by atoms with van der Waals surface area (Å²) < 4.78 is 4.41. The lowest BCUT2D eigenvalue weighted by Crippen LogP contribution is -2.44. The number of hydrogen-bond acceptors (Lipinski definition) is 5. The average molecular weight is 224 g/mol. The minimum atomic E-state index is -1.06. The highest BCUT2D eigenvalue weighted by atomic mass is 16.5. The first-order valence-electron chi connectivity index (χ1n) is 4.58. The standard InChI is InChI=1S/C10H12N2O4/c1-16-10(15)8(6-13)12-9(14)7-3-2-4-11-5-7/h2-5,8,13H,6H2,1H3,(H,12,14)/t8-/m0/s1. The maximum absolute atomic E-state index is 11.6. The zero-order valence-corrected chi connectivity index (χ0v) is 8.71. The Morgan fingerprint density at radius 1 is 1.62 bits per heavy atom. The summed E-state index contributed by atoms with van der Waals surface area (Å²) in [6, 6.07) is 2.09. The van der Waals surface area contributed by atoms with Gasteiger partial charge in [0.2, 0.25) is 0 Å². The number of methoxy groups -OCH3 is 1. The summed E-state index contributed by atoms with van der Waals surface area (Å²) in [5.74, 6) is -1.18. The fourth-order valence-corrected chi connectivity index (χ4v) is 1.06. The van der Waals surface area contributed by atoms with Crippen LogP contribution in [-0.4, -0.2) is 41.7 Å². The van der Waals surface area contributed by atoms with Crippen LogP contribution in [0.1, 0.15) is 10.4 Å². The Labute approximate surface area is 92.3 Å². The van der Waals surface area contributed by atoms with Crippen LogP contribution in [0.2, 0.25) is 0 Å². The van der Waals surface area contributed by atoms with Crippen LogP contribution < -0.4 is 5.32 Å². The lowest BCUT2D eigenvalue weighted by Gasteiger charge is -2.13. The molecule has 0 radical (unpaired) electrons. The largest absolute Gasteiger partial charge is 0.467 e. The van der Waals surface area contributed by atoms with E-state index in [4.69, 9.17) is 5.11 Å². The molecule has 1 aromatic heterocycles. The number of aromatic nitrogens is 1. The zero-order valence-electron chi connectivity index (χ0n) is 8.71. The number of carbonyl (C=O) groups excluding carboxylic acids is 2. The Bertz CT molecular complexity index is 366. The third-order valence-electron chi connectivity index (χ3n) is 1.90. The van der Waals surface area contributed by atoms with E-state index in [2.05, 4.69) is 15.0 Å². The summed E-state index contributed by atoms with van der Waals surface area (Å²) in [4.78, 5) is 26.4. The number of carbonyl (C=O) groups is 2. The van der Waals surface area contributed by atoms with E-state index in [0.717, 1.165) is 0 Å². The van der Waals surface area contributed by atoms with Crippen molar-refractivity contribution in [3.05, 3.63) is 30.1 Å². The van der Waals surface area contributed by atoms with E-state index in [-0.39, 0.29) is 0 Å². The van der Waals surface area contributed by atoms with Gasteiger partial charge < -0.3 is 15.2 Å². The van der Waals surface area contributed by atoms with Crippen molar-refractivity contribution in [1.29, 1.82) is 0 Å². The van der Waals surface area contributed by atoms with E-state index >= 15 is 0 Å². The topological polar surface area (TPSA) is 88.5 Å². The van der Waals surface area contributed by atoms with Crippen LogP contribution in [0.25, 0.3) is 0 Å². The van der Waals surface area contributed by atoms with Gasteiger partial charge in [-0.25, -0.2) is 4.79 Å². The van der Waals surface area contributed by atoms with Gasteiger partial charge >= 0.3 is 5.97 Å². The monoisotopic (exact) mass is 224 g/mol. The van der Waals surface area contributed by atoms with E-state index in [1.807, 2.05) is 0 Å². The molecule has 1 atom stereocenters. The Morgan fingerprint density at radius 2 is 2.38 bits per heavy atom. The van der Waals surface area contributed by atoms with E-state index < -0.39 is 24.5 Å². The van der Waals surface area contributed by atoms with E-state index in [1.165, 1.54) is 19.5 Å². The summed E-state index contributed by atoms with van der Waals surface area (Å²) in [5, 5.41) is 11.2. The van der Waals surface area contributed by atoms with Gasteiger partial charge in [0.25, 0.3) is 5.91 Å².